The van der Waals surface area contributed by atoms with Crippen LogP contribution >= 0.6 is 15.9 Å². The van der Waals surface area contributed by atoms with E-state index in [0.29, 0.717) is 4.47 Å². The van der Waals surface area contributed by atoms with Crippen LogP contribution in [-0.2, 0) is 0 Å². The number of H-pyrrole nitrogens is 1. The SMILES string of the molecule is O=[N+]([O-])c1cc(Br)c[nH]1. The van der Waals surface area contributed by atoms with E-state index in [1.54, 1.807) is 0 Å². The van der Waals surface area contributed by atoms with Crippen molar-refractivity contribution in [3.63, 3.8) is 0 Å². The molecule has 1 aromatic rings. The maximum absolute atomic E-state index is 9.97. The van der Waals surface area contributed by atoms with Crippen molar-refractivity contribution in [3.8, 4) is 0 Å². The van der Waals surface area contributed by atoms with E-state index in [9.17, 15) is 10.1 Å². The molecule has 0 spiro atoms. The van der Waals surface area contributed by atoms with Crippen LogP contribution in [0.5, 0.6) is 0 Å². The summed E-state index contributed by atoms with van der Waals surface area (Å²) in [5, 5.41) is 9.97. The van der Waals surface area contributed by atoms with Gasteiger partial charge in [0.1, 0.15) is 6.20 Å². The first-order valence-electron chi connectivity index (χ1n) is 2.18. The minimum atomic E-state index is -0.481. The highest BCUT2D eigenvalue weighted by Gasteiger charge is 2.03. The monoisotopic (exact) mass is 190 g/mol. The Morgan fingerprint density at radius 3 is 2.67 bits per heavy atom. The summed E-state index contributed by atoms with van der Waals surface area (Å²) in [6.07, 6.45) is 1.51. The molecule has 0 saturated carbocycles. The number of aromatic nitrogens is 1. The molecule has 0 saturated heterocycles. The Hall–Kier alpha value is -0.840. The van der Waals surface area contributed by atoms with Gasteiger partial charge in [0.05, 0.1) is 4.47 Å². The summed E-state index contributed by atoms with van der Waals surface area (Å²) in [5.74, 6) is 0.00174. The lowest BCUT2D eigenvalue weighted by Gasteiger charge is -1.84. The number of halogens is 1. The summed E-state index contributed by atoms with van der Waals surface area (Å²) in [4.78, 5) is 11.9. The highest BCUT2D eigenvalue weighted by molar-refractivity contribution is 9.10. The van der Waals surface area contributed by atoms with Crippen molar-refractivity contribution in [2.45, 2.75) is 0 Å². The third-order valence-corrected chi connectivity index (χ3v) is 1.29. The van der Waals surface area contributed by atoms with E-state index >= 15 is 0 Å². The van der Waals surface area contributed by atoms with E-state index in [0.717, 1.165) is 0 Å². The van der Waals surface area contributed by atoms with Gasteiger partial charge in [-0.25, -0.2) is 4.98 Å². The molecule has 1 rings (SSSR count). The molecule has 0 aromatic carbocycles. The predicted octanol–water partition coefficient (Wildman–Crippen LogP) is 1.69. The van der Waals surface area contributed by atoms with Crippen LogP contribution in [0.1, 0.15) is 0 Å². The largest absolute Gasteiger partial charge is 0.358 e. The first-order chi connectivity index (χ1) is 4.20. The van der Waals surface area contributed by atoms with Crippen molar-refractivity contribution in [3.05, 3.63) is 26.9 Å². The predicted molar refractivity (Wildman–Crippen MR) is 35.1 cm³/mol. The summed E-state index contributed by atoms with van der Waals surface area (Å²) in [6, 6.07) is 1.40. The first-order valence-corrected chi connectivity index (χ1v) is 2.98. The molecule has 0 amide bonds. The van der Waals surface area contributed by atoms with Gasteiger partial charge in [-0.2, -0.15) is 0 Å². The van der Waals surface area contributed by atoms with Gasteiger partial charge in [0.2, 0.25) is 0 Å². The fourth-order valence-electron chi connectivity index (χ4n) is 0.462. The molecule has 4 nitrogen and oxygen atoms in total. The second-order valence-electron chi connectivity index (χ2n) is 1.46. The van der Waals surface area contributed by atoms with Gasteiger partial charge in [0, 0.05) is 6.07 Å². The third-order valence-electron chi connectivity index (χ3n) is 0.829. The number of rotatable bonds is 1. The van der Waals surface area contributed by atoms with Gasteiger partial charge in [0.25, 0.3) is 0 Å². The zero-order valence-corrected chi connectivity index (χ0v) is 5.88. The van der Waals surface area contributed by atoms with Crippen LogP contribution in [0, 0.1) is 10.1 Å². The van der Waals surface area contributed by atoms with Crippen molar-refractivity contribution in [1.29, 1.82) is 0 Å². The summed E-state index contributed by atoms with van der Waals surface area (Å²) in [6.45, 7) is 0. The van der Waals surface area contributed by atoms with Crippen molar-refractivity contribution in [2.75, 3.05) is 0 Å². The van der Waals surface area contributed by atoms with E-state index in [4.69, 9.17) is 0 Å². The molecule has 0 radical (unpaired) electrons. The summed E-state index contributed by atoms with van der Waals surface area (Å²) in [5.41, 5.74) is 0. The minimum absolute atomic E-state index is 0.00174. The molecule has 0 atom stereocenters. The Bertz CT molecular complexity index is 232. The molecule has 0 aliphatic heterocycles. The van der Waals surface area contributed by atoms with Crippen molar-refractivity contribution in [1.82, 2.24) is 4.98 Å². The zero-order chi connectivity index (χ0) is 6.85. The average Bonchev–Trinajstić information content (AvgIpc) is 2.14. The van der Waals surface area contributed by atoms with Gasteiger partial charge in [-0.1, -0.05) is 0 Å². The average molecular weight is 191 g/mol. The number of aromatic amines is 1. The molecule has 5 heteroatoms. The maximum Gasteiger partial charge on any atom is 0.322 e. The van der Waals surface area contributed by atoms with Crippen LogP contribution in [0.15, 0.2) is 16.7 Å². The summed E-state index contributed by atoms with van der Waals surface area (Å²) >= 11 is 3.06. The topological polar surface area (TPSA) is 58.9 Å². The number of nitro groups is 1. The van der Waals surface area contributed by atoms with Crippen LogP contribution in [0.3, 0.4) is 0 Å². The Balaban J connectivity index is 2.98. The van der Waals surface area contributed by atoms with Gasteiger partial charge < -0.3 is 10.1 Å². The Kier molecular flexibility index (Phi) is 1.52. The normalized spacial score (nSPS) is 9.44. The van der Waals surface area contributed by atoms with E-state index in [-0.39, 0.29) is 5.82 Å². The molecule has 1 heterocycles. The number of hydrogen-bond donors (Lipinski definition) is 1. The van der Waals surface area contributed by atoms with Crippen LogP contribution in [0.2, 0.25) is 0 Å². The fourth-order valence-corrected chi connectivity index (χ4v) is 0.794. The zero-order valence-electron chi connectivity index (χ0n) is 4.30. The molecule has 1 aromatic heterocycles. The van der Waals surface area contributed by atoms with Gasteiger partial charge in [-0.15, -0.1) is 0 Å². The highest BCUT2D eigenvalue weighted by Crippen LogP contribution is 2.15. The van der Waals surface area contributed by atoms with E-state index in [1.807, 2.05) is 0 Å². The third kappa shape index (κ3) is 1.29. The Morgan fingerprint density at radius 2 is 2.44 bits per heavy atom. The molecular weight excluding hydrogens is 188 g/mol. The van der Waals surface area contributed by atoms with E-state index in [1.165, 1.54) is 12.3 Å². The highest BCUT2D eigenvalue weighted by atomic mass is 79.9. The molecule has 0 aliphatic carbocycles. The van der Waals surface area contributed by atoms with Crippen LogP contribution in [-0.4, -0.2) is 9.91 Å². The van der Waals surface area contributed by atoms with Crippen LogP contribution < -0.4 is 0 Å². The Morgan fingerprint density at radius 1 is 1.78 bits per heavy atom. The molecule has 48 valence electrons. The molecule has 1 N–H and O–H groups in total. The molecule has 0 bridgehead atoms. The van der Waals surface area contributed by atoms with Crippen molar-refractivity contribution >= 4 is 21.7 Å². The van der Waals surface area contributed by atoms with E-state index < -0.39 is 4.92 Å². The van der Waals surface area contributed by atoms with Gasteiger partial charge in [0.15, 0.2) is 0 Å². The molecule has 0 aliphatic rings. The molecular formula is C4H3BrN2O2. The summed E-state index contributed by atoms with van der Waals surface area (Å²) in [7, 11) is 0. The van der Waals surface area contributed by atoms with Gasteiger partial charge in [-0.05, 0) is 20.9 Å². The van der Waals surface area contributed by atoms with Crippen molar-refractivity contribution in [2.24, 2.45) is 0 Å². The molecule has 0 unspecified atom stereocenters. The fraction of sp³-hybridized carbons (Fsp3) is 0. The smallest absolute Gasteiger partial charge is 0.322 e. The minimum Gasteiger partial charge on any atom is -0.358 e. The number of hydrogen-bond acceptors (Lipinski definition) is 2. The number of nitrogens with one attached hydrogen (secondary N) is 1. The lowest BCUT2D eigenvalue weighted by molar-refractivity contribution is -0.389. The molecule has 0 fully saturated rings. The number of nitrogens with zero attached hydrogens (tertiary/aromatic N) is 1. The molecule has 9 heavy (non-hydrogen) atoms. The van der Waals surface area contributed by atoms with Gasteiger partial charge >= 0.3 is 5.82 Å². The second kappa shape index (κ2) is 2.18. The summed E-state index contributed by atoms with van der Waals surface area (Å²) < 4.78 is 0.689. The maximum atomic E-state index is 9.97. The van der Waals surface area contributed by atoms with Crippen molar-refractivity contribution < 1.29 is 4.92 Å². The first kappa shape index (κ1) is 6.28. The van der Waals surface area contributed by atoms with E-state index in [2.05, 4.69) is 20.9 Å². The lowest BCUT2D eigenvalue weighted by atomic mass is 10.6. The second-order valence-corrected chi connectivity index (χ2v) is 2.38. The van der Waals surface area contributed by atoms with Gasteiger partial charge in [-0.3, -0.25) is 0 Å². The quantitative estimate of drug-likeness (QED) is 0.542. The van der Waals surface area contributed by atoms with Crippen LogP contribution in [0.25, 0.3) is 0 Å². The van der Waals surface area contributed by atoms with Crippen LogP contribution in [0.4, 0.5) is 5.82 Å². The lowest BCUT2D eigenvalue weighted by Crippen LogP contribution is -1.85. The standard InChI is InChI=1S/C4H3BrN2O2/c5-3-1-4(6-2-3)7(8)9/h1-2,6H. The Labute approximate surface area is 59.2 Å².